The van der Waals surface area contributed by atoms with Crippen LogP contribution in [0.25, 0.3) is 0 Å². The van der Waals surface area contributed by atoms with Crippen LogP contribution in [0.5, 0.6) is 11.5 Å². The lowest BCUT2D eigenvalue weighted by Crippen LogP contribution is -2.48. The molecule has 0 aromatic heterocycles. The highest BCUT2D eigenvalue weighted by molar-refractivity contribution is 7.89. The number of carbonyl (C=O) groups is 1. The van der Waals surface area contributed by atoms with Crippen LogP contribution in [0.4, 0.5) is 0 Å². The summed E-state index contributed by atoms with van der Waals surface area (Å²) in [4.78, 5) is 12.8. The molecule has 1 saturated heterocycles. The van der Waals surface area contributed by atoms with E-state index in [-0.39, 0.29) is 17.3 Å². The van der Waals surface area contributed by atoms with Gasteiger partial charge in [0.05, 0.1) is 19.1 Å². The number of halogens is 1. The van der Waals surface area contributed by atoms with E-state index >= 15 is 0 Å². The van der Waals surface area contributed by atoms with Gasteiger partial charge in [0.2, 0.25) is 15.9 Å². The van der Waals surface area contributed by atoms with Gasteiger partial charge in [-0.25, -0.2) is 8.42 Å². The second-order valence-electron chi connectivity index (χ2n) is 7.00. The standard InChI is InChI=1S/C21H25ClN2O5S/c1-28-19-11-6-15(13-20(19)29-2)14-24(18-5-3-4-12-23-21(18)25)30(26,27)17-9-7-16(22)8-10-17/h6-11,13,18H,3-5,12,14H2,1-2H3,(H,23,25)/t18-/m1/s1. The monoisotopic (exact) mass is 452 g/mol. The second-order valence-corrected chi connectivity index (χ2v) is 9.32. The van der Waals surface area contributed by atoms with Gasteiger partial charge in [-0.05, 0) is 61.2 Å². The third-order valence-electron chi connectivity index (χ3n) is 5.06. The van der Waals surface area contributed by atoms with Crippen molar-refractivity contribution in [1.82, 2.24) is 9.62 Å². The number of hydrogen-bond donors (Lipinski definition) is 1. The van der Waals surface area contributed by atoms with Crippen LogP contribution in [0.3, 0.4) is 0 Å². The fraction of sp³-hybridized carbons (Fsp3) is 0.381. The normalized spacial score (nSPS) is 17.3. The van der Waals surface area contributed by atoms with E-state index in [9.17, 15) is 13.2 Å². The van der Waals surface area contributed by atoms with Crippen LogP contribution in [0.2, 0.25) is 5.02 Å². The molecule has 2 aromatic carbocycles. The number of nitrogens with one attached hydrogen (secondary N) is 1. The summed E-state index contributed by atoms with van der Waals surface area (Å²) in [6.45, 7) is 0.559. The van der Waals surface area contributed by atoms with Crippen molar-refractivity contribution >= 4 is 27.5 Å². The van der Waals surface area contributed by atoms with Crippen molar-refractivity contribution in [2.75, 3.05) is 20.8 Å². The Kier molecular flexibility index (Phi) is 7.23. The molecule has 30 heavy (non-hydrogen) atoms. The number of benzene rings is 2. The molecule has 0 radical (unpaired) electrons. The van der Waals surface area contributed by atoms with E-state index in [1.165, 1.54) is 42.8 Å². The van der Waals surface area contributed by atoms with Gasteiger partial charge in [-0.3, -0.25) is 4.79 Å². The lowest BCUT2D eigenvalue weighted by molar-refractivity contribution is -0.124. The molecule has 9 heteroatoms. The van der Waals surface area contributed by atoms with Crippen molar-refractivity contribution in [3.63, 3.8) is 0 Å². The maximum Gasteiger partial charge on any atom is 0.244 e. The Morgan fingerprint density at radius 3 is 2.43 bits per heavy atom. The van der Waals surface area contributed by atoms with Crippen LogP contribution in [0.15, 0.2) is 47.4 Å². The minimum atomic E-state index is -3.96. The zero-order valence-electron chi connectivity index (χ0n) is 16.9. The summed E-state index contributed by atoms with van der Waals surface area (Å²) >= 11 is 5.93. The van der Waals surface area contributed by atoms with E-state index in [4.69, 9.17) is 21.1 Å². The molecule has 162 valence electrons. The molecule has 1 fully saturated rings. The van der Waals surface area contributed by atoms with Gasteiger partial charge < -0.3 is 14.8 Å². The summed E-state index contributed by atoms with van der Waals surface area (Å²) in [5, 5.41) is 3.26. The van der Waals surface area contributed by atoms with Gasteiger partial charge in [-0.2, -0.15) is 4.31 Å². The van der Waals surface area contributed by atoms with Gasteiger partial charge in [-0.1, -0.05) is 17.7 Å². The molecule has 1 aliphatic rings. The number of ether oxygens (including phenoxy) is 2. The Morgan fingerprint density at radius 1 is 1.07 bits per heavy atom. The molecule has 1 atom stereocenters. The first-order chi connectivity index (χ1) is 14.4. The molecule has 1 aliphatic heterocycles. The van der Waals surface area contributed by atoms with E-state index in [2.05, 4.69) is 5.32 Å². The molecule has 2 aromatic rings. The summed E-state index contributed by atoms with van der Waals surface area (Å²) in [6, 6.07) is 10.3. The van der Waals surface area contributed by atoms with Crippen LogP contribution in [0, 0.1) is 0 Å². The van der Waals surface area contributed by atoms with Gasteiger partial charge >= 0.3 is 0 Å². The maximum absolute atomic E-state index is 13.5. The molecule has 0 aliphatic carbocycles. The van der Waals surface area contributed by atoms with Gasteiger partial charge in [-0.15, -0.1) is 0 Å². The summed E-state index contributed by atoms with van der Waals surface area (Å²) in [5.74, 6) is 0.746. The summed E-state index contributed by atoms with van der Waals surface area (Å²) in [6.07, 6.45) is 2.02. The average molecular weight is 453 g/mol. The highest BCUT2D eigenvalue weighted by Crippen LogP contribution is 2.31. The van der Waals surface area contributed by atoms with Gasteiger partial charge in [0.15, 0.2) is 11.5 Å². The number of rotatable bonds is 7. The summed E-state index contributed by atoms with van der Waals surface area (Å²) < 4.78 is 38.9. The number of methoxy groups -OCH3 is 2. The Bertz CT molecular complexity index is 995. The summed E-state index contributed by atoms with van der Waals surface area (Å²) in [7, 11) is -0.909. The first-order valence-corrected chi connectivity index (χ1v) is 11.4. The second kappa shape index (κ2) is 9.68. The Labute approximate surface area is 182 Å². The van der Waals surface area contributed by atoms with E-state index in [0.717, 1.165) is 12.8 Å². The molecule has 0 saturated carbocycles. The molecule has 1 heterocycles. The lowest BCUT2D eigenvalue weighted by Gasteiger charge is -2.29. The molecule has 0 bridgehead atoms. The van der Waals surface area contributed by atoms with Gasteiger partial charge in [0.1, 0.15) is 6.04 Å². The Morgan fingerprint density at radius 2 is 1.77 bits per heavy atom. The maximum atomic E-state index is 13.5. The largest absolute Gasteiger partial charge is 0.493 e. The molecule has 1 N–H and O–H groups in total. The number of nitrogens with zero attached hydrogens (tertiary/aromatic N) is 1. The Hall–Kier alpha value is -2.29. The topological polar surface area (TPSA) is 84.9 Å². The van der Waals surface area contributed by atoms with E-state index in [1.807, 2.05) is 0 Å². The molecule has 1 amide bonds. The van der Waals surface area contributed by atoms with Crippen LogP contribution in [0.1, 0.15) is 24.8 Å². The van der Waals surface area contributed by atoms with Crippen LogP contribution >= 0.6 is 11.6 Å². The first-order valence-electron chi connectivity index (χ1n) is 9.63. The van der Waals surface area contributed by atoms with Crippen molar-refractivity contribution in [2.24, 2.45) is 0 Å². The third-order valence-corrected chi connectivity index (χ3v) is 7.18. The minimum Gasteiger partial charge on any atom is -0.493 e. The number of sulfonamides is 1. The fourth-order valence-electron chi connectivity index (χ4n) is 3.46. The molecular formula is C21H25ClN2O5S. The van der Waals surface area contributed by atoms with Crippen LogP contribution in [-0.4, -0.2) is 45.4 Å². The smallest absolute Gasteiger partial charge is 0.244 e. The van der Waals surface area contributed by atoms with Crippen molar-refractivity contribution in [2.45, 2.75) is 36.7 Å². The number of amides is 1. The van der Waals surface area contributed by atoms with Gasteiger partial charge in [0, 0.05) is 18.1 Å². The van der Waals surface area contributed by atoms with E-state index in [1.54, 1.807) is 18.2 Å². The summed E-state index contributed by atoms with van der Waals surface area (Å²) in [5.41, 5.74) is 0.683. The van der Waals surface area contributed by atoms with Gasteiger partial charge in [0.25, 0.3) is 0 Å². The van der Waals surface area contributed by atoms with E-state index < -0.39 is 16.1 Å². The van der Waals surface area contributed by atoms with Crippen molar-refractivity contribution < 1.29 is 22.7 Å². The molecular weight excluding hydrogens is 428 g/mol. The van der Waals surface area contributed by atoms with Crippen LogP contribution in [-0.2, 0) is 21.4 Å². The minimum absolute atomic E-state index is 0.0173. The van der Waals surface area contributed by atoms with E-state index in [0.29, 0.717) is 35.1 Å². The highest BCUT2D eigenvalue weighted by atomic mass is 35.5. The molecule has 3 rings (SSSR count). The fourth-order valence-corrected chi connectivity index (χ4v) is 5.19. The zero-order valence-corrected chi connectivity index (χ0v) is 18.5. The van der Waals surface area contributed by atoms with Crippen LogP contribution < -0.4 is 14.8 Å². The first kappa shape index (κ1) is 22.4. The third kappa shape index (κ3) is 4.88. The average Bonchev–Trinajstić information content (AvgIpc) is 2.96. The zero-order chi connectivity index (χ0) is 21.7. The number of hydrogen-bond acceptors (Lipinski definition) is 5. The van der Waals surface area contributed by atoms with Crippen molar-refractivity contribution in [3.05, 3.63) is 53.1 Å². The lowest BCUT2D eigenvalue weighted by atomic mass is 10.1. The highest BCUT2D eigenvalue weighted by Gasteiger charge is 2.36. The molecule has 0 unspecified atom stereocenters. The predicted molar refractivity (Wildman–Crippen MR) is 114 cm³/mol. The number of carbonyl (C=O) groups excluding carboxylic acids is 1. The molecule has 7 nitrogen and oxygen atoms in total. The predicted octanol–water partition coefficient (Wildman–Crippen LogP) is 3.22. The SMILES string of the molecule is COc1ccc(CN([C@@H]2CCCCNC2=O)S(=O)(=O)c2ccc(Cl)cc2)cc1OC. The Balaban J connectivity index is 2.03. The van der Waals surface area contributed by atoms with Crippen molar-refractivity contribution in [3.8, 4) is 11.5 Å². The van der Waals surface area contributed by atoms with Crippen molar-refractivity contribution in [1.29, 1.82) is 0 Å². The molecule has 0 spiro atoms. The quantitative estimate of drug-likeness (QED) is 0.697.